The second kappa shape index (κ2) is 8.48. The highest BCUT2D eigenvalue weighted by Gasteiger charge is 2.17. The third kappa shape index (κ3) is 4.80. The van der Waals surface area contributed by atoms with Crippen molar-refractivity contribution in [3.8, 4) is 0 Å². The molecule has 5 nitrogen and oxygen atoms in total. The number of pyridine rings is 1. The van der Waals surface area contributed by atoms with E-state index >= 15 is 0 Å². The molecule has 0 spiro atoms. The molecule has 0 bridgehead atoms. The van der Waals surface area contributed by atoms with E-state index in [1.807, 2.05) is 23.7 Å². The standard InChI is InChI=1S/C16H22N4OS/c1-3-4-7-15(13-6-5-8-17-9-13)19-16(21)20(2)10-14-11-22-12-18-14/h5-6,8-9,11-12,15H,3-4,7,10H2,1-2H3,(H,19,21)/t15-/m1/s1. The van der Waals surface area contributed by atoms with Gasteiger partial charge < -0.3 is 10.2 Å². The van der Waals surface area contributed by atoms with Crippen LogP contribution in [0.15, 0.2) is 35.4 Å². The normalized spacial score (nSPS) is 11.9. The van der Waals surface area contributed by atoms with Gasteiger partial charge in [-0.25, -0.2) is 9.78 Å². The van der Waals surface area contributed by atoms with E-state index in [0.29, 0.717) is 6.54 Å². The van der Waals surface area contributed by atoms with Crippen LogP contribution in [-0.4, -0.2) is 27.9 Å². The number of aromatic nitrogens is 2. The summed E-state index contributed by atoms with van der Waals surface area (Å²) in [5.74, 6) is 0. The molecular formula is C16H22N4OS. The predicted octanol–water partition coefficient (Wildman–Crippen LogP) is 3.61. The molecule has 0 aliphatic rings. The Bertz CT molecular complexity index is 559. The van der Waals surface area contributed by atoms with Gasteiger partial charge in [0.25, 0.3) is 0 Å². The molecule has 2 heterocycles. The zero-order valence-corrected chi connectivity index (χ0v) is 13.8. The third-order valence-electron chi connectivity index (χ3n) is 3.46. The number of unbranched alkanes of at least 4 members (excludes halogenated alkanes) is 1. The van der Waals surface area contributed by atoms with Crippen LogP contribution in [0.2, 0.25) is 0 Å². The van der Waals surface area contributed by atoms with Gasteiger partial charge in [-0.05, 0) is 18.1 Å². The quantitative estimate of drug-likeness (QED) is 0.848. The average molecular weight is 318 g/mol. The number of nitrogens with one attached hydrogen (secondary N) is 1. The van der Waals surface area contributed by atoms with Crippen molar-refractivity contribution in [2.24, 2.45) is 0 Å². The molecule has 0 unspecified atom stereocenters. The monoisotopic (exact) mass is 318 g/mol. The van der Waals surface area contributed by atoms with Crippen molar-refractivity contribution in [1.29, 1.82) is 0 Å². The molecule has 0 aliphatic heterocycles. The van der Waals surface area contributed by atoms with Crippen LogP contribution in [-0.2, 0) is 6.54 Å². The van der Waals surface area contributed by atoms with Crippen LogP contribution in [0.1, 0.15) is 43.5 Å². The Kier molecular flexibility index (Phi) is 6.33. The molecule has 22 heavy (non-hydrogen) atoms. The summed E-state index contributed by atoms with van der Waals surface area (Å²) < 4.78 is 0. The minimum Gasteiger partial charge on any atom is -0.331 e. The SMILES string of the molecule is CCCC[C@@H](NC(=O)N(C)Cc1cscn1)c1cccnc1. The van der Waals surface area contributed by atoms with E-state index < -0.39 is 0 Å². The molecule has 0 radical (unpaired) electrons. The predicted molar refractivity (Wildman–Crippen MR) is 88.6 cm³/mol. The lowest BCUT2D eigenvalue weighted by molar-refractivity contribution is 0.201. The van der Waals surface area contributed by atoms with Gasteiger partial charge in [0, 0.05) is 24.8 Å². The van der Waals surface area contributed by atoms with Crippen molar-refractivity contribution in [1.82, 2.24) is 20.2 Å². The van der Waals surface area contributed by atoms with Gasteiger partial charge in [0.2, 0.25) is 0 Å². The largest absolute Gasteiger partial charge is 0.331 e. The summed E-state index contributed by atoms with van der Waals surface area (Å²) in [5.41, 5.74) is 3.74. The third-order valence-corrected chi connectivity index (χ3v) is 4.10. The van der Waals surface area contributed by atoms with Crippen LogP contribution < -0.4 is 5.32 Å². The Hall–Kier alpha value is -1.95. The maximum absolute atomic E-state index is 12.4. The molecule has 1 atom stereocenters. The fourth-order valence-electron chi connectivity index (χ4n) is 2.20. The number of thiazole rings is 1. The number of rotatable bonds is 7. The van der Waals surface area contributed by atoms with Crippen LogP contribution in [0.4, 0.5) is 4.79 Å². The Morgan fingerprint density at radius 3 is 3.00 bits per heavy atom. The van der Waals surface area contributed by atoms with Crippen molar-refractivity contribution >= 4 is 17.4 Å². The first kappa shape index (κ1) is 16.4. The zero-order valence-electron chi connectivity index (χ0n) is 13.0. The average Bonchev–Trinajstić information content (AvgIpc) is 3.05. The number of carbonyl (C=O) groups excluding carboxylic acids is 1. The van der Waals surface area contributed by atoms with E-state index in [-0.39, 0.29) is 12.1 Å². The summed E-state index contributed by atoms with van der Waals surface area (Å²) in [5, 5.41) is 5.06. The minimum atomic E-state index is -0.0852. The highest BCUT2D eigenvalue weighted by atomic mass is 32.1. The first-order chi connectivity index (χ1) is 10.7. The van der Waals surface area contributed by atoms with Crippen LogP contribution >= 0.6 is 11.3 Å². The molecule has 0 fully saturated rings. The summed E-state index contributed by atoms with van der Waals surface area (Å²) in [6.45, 7) is 2.67. The number of urea groups is 1. The summed E-state index contributed by atoms with van der Waals surface area (Å²) in [4.78, 5) is 22.4. The topological polar surface area (TPSA) is 58.1 Å². The Labute approximate surface area is 135 Å². The van der Waals surface area contributed by atoms with Crippen LogP contribution in [0.5, 0.6) is 0 Å². The maximum Gasteiger partial charge on any atom is 0.317 e. The van der Waals surface area contributed by atoms with E-state index in [1.165, 1.54) is 11.3 Å². The number of hydrogen-bond acceptors (Lipinski definition) is 4. The van der Waals surface area contributed by atoms with Crippen molar-refractivity contribution < 1.29 is 4.79 Å². The number of hydrogen-bond donors (Lipinski definition) is 1. The summed E-state index contributed by atoms with van der Waals surface area (Å²) >= 11 is 1.54. The van der Waals surface area contributed by atoms with E-state index in [4.69, 9.17) is 0 Å². The van der Waals surface area contributed by atoms with Gasteiger partial charge >= 0.3 is 6.03 Å². The molecular weight excluding hydrogens is 296 g/mol. The highest BCUT2D eigenvalue weighted by Crippen LogP contribution is 2.19. The van der Waals surface area contributed by atoms with Gasteiger partial charge in [-0.3, -0.25) is 4.98 Å². The highest BCUT2D eigenvalue weighted by molar-refractivity contribution is 7.07. The molecule has 0 aromatic carbocycles. The summed E-state index contributed by atoms with van der Waals surface area (Å²) in [6, 6.07) is 3.82. The molecule has 0 saturated carbocycles. The Balaban J connectivity index is 1.98. The minimum absolute atomic E-state index is 0.000895. The fraction of sp³-hybridized carbons (Fsp3) is 0.438. The van der Waals surface area contributed by atoms with Crippen molar-refractivity contribution in [3.63, 3.8) is 0 Å². The fourth-order valence-corrected chi connectivity index (χ4v) is 2.75. The van der Waals surface area contributed by atoms with Gasteiger partial charge in [-0.1, -0.05) is 25.8 Å². The Morgan fingerprint density at radius 1 is 1.50 bits per heavy atom. The van der Waals surface area contributed by atoms with E-state index in [9.17, 15) is 4.79 Å². The number of nitrogens with zero attached hydrogens (tertiary/aromatic N) is 3. The molecule has 0 saturated heterocycles. The molecule has 118 valence electrons. The molecule has 2 aromatic rings. The summed E-state index contributed by atoms with van der Waals surface area (Å²) in [6.07, 6.45) is 6.65. The molecule has 0 aliphatic carbocycles. The second-order valence-corrected chi connectivity index (χ2v) is 5.99. The van der Waals surface area contributed by atoms with Gasteiger partial charge in [0.15, 0.2) is 0 Å². The first-order valence-corrected chi connectivity index (χ1v) is 8.43. The first-order valence-electron chi connectivity index (χ1n) is 7.49. The lowest BCUT2D eigenvalue weighted by atomic mass is 10.0. The van der Waals surface area contributed by atoms with Crippen LogP contribution in [0.25, 0.3) is 0 Å². The maximum atomic E-state index is 12.4. The Morgan fingerprint density at radius 2 is 2.36 bits per heavy atom. The number of carbonyl (C=O) groups is 1. The molecule has 2 aromatic heterocycles. The number of amides is 2. The second-order valence-electron chi connectivity index (χ2n) is 5.27. The lowest BCUT2D eigenvalue weighted by Gasteiger charge is -2.23. The van der Waals surface area contributed by atoms with E-state index in [2.05, 4.69) is 22.2 Å². The van der Waals surface area contributed by atoms with E-state index in [0.717, 1.165) is 30.5 Å². The molecule has 6 heteroatoms. The van der Waals surface area contributed by atoms with Crippen LogP contribution in [0.3, 0.4) is 0 Å². The molecule has 2 rings (SSSR count). The van der Waals surface area contributed by atoms with Gasteiger partial charge in [-0.15, -0.1) is 11.3 Å². The van der Waals surface area contributed by atoms with Crippen molar-refractivity contribution in [3.05, 3.63) is 46.7 Å². The van der Waals surface area contributed by atoms with Crippen molar-refractivity contribution in [2.75, 3.05) is 7.05 Å². The van der Waals surface area contributed by atoms with Gasteiger partial charge in [0.1, 0.15) is 0 Å². The van der Waals surface area contributed by atoms with Gasteiger partial charge in [-0.2, -0.15) is 0 Å². The van der Waals surface area contributed by atoms with Crippen molar-refractivity contribution in [2.45, 2.75) is 38.8 Å². The smallest absolute Gasteiger partial charge is 0.317 e. The molecule has 2 amide bonds. The van der Waals surface area contributed by atoms with E-state index in [1.54, 1.807) is 23.7 Å². The lowest BCUT2D eigenvalue weighted by Crippen LogP contribution is -2.39. The summed E-state index contributed by atoms with van der Waals surface area (Å²) in [7, 11) is 1.79. The van der Waals surface area contributed by atoms with Gasteiger partial charge in [0.05, 0.1) is 23.8 Å². The zero-order chi connectivity index (χ0) is 15.8. The molecule has 1 N–H and O–H groups in total. The van der Waals surface area contributed by atoms with Crippen LogP contribution in [0, 0.1) is 0 Å².